The van der Waals surface area contributed by atoms with Crippen LogP contribution >= 0.6 is 11.6 Å². The van der Waals surface area contributed by atoms with Gasteiger partial charge in [0, 0.05) is 41.5 Å². The number of anilines is 2. The number of nitrogens with two attached hydrogens (primary N) is 1. The van der Waals surface area contributed by atoms with Crippen molar-refractivity contribution in [2.75, 3.05) is 12.0 Å². The lowest BCUT2D eigenvalue weighted by molar-refractivity contribution is -0.209. The summed E-state index contributed by atoms with van der Waals surface area (Å²) in [5, 5.41) is 3.67. The van der Waals surface area contributed by atoms with Crippen LogP contribution in [0.25, 0.3) is 10.9 Å². The molecule has 1 aliphatic rings. The van der Waals surface area contributed by atoms with Crippen LogP contribution in [0.3, 0.4) is 0 Å². The van der Waals surface area contributed by atoms with E-state index in [9.17, 15) is 26.3 Å². The number of pyridine rings is 2. The molecule has 4 rings (SSSR count). The maximum atomic E-state index is 14.7. The van der Waals surface area contributed by atoms with Gasteiger partial charge in [-0.2, -0.15) is 13.2 Å². The molecular weight excluding hydrogens is 476 g/mol. The molecule has 0 aliphatic carbocycles. The first kappa shape index (κ1) is 22.9. The second kappa shape index (κ2) is 8.25. The minimum atomic E-state index is -4.94. The van der Waals surface area contributed by atoms with Crippen molar-refractivity contribution >= 4 is 40.0 Å². The van der Waals surface area contributed by atoms with Gasteiger partial charge < -0.3 is 15.8 Å². The zero-order chi connectivity index (χ0) is 24.0. The van der Waals surface area contributed by atoms with Crippen LogP contribution in [0.4, 0.5) is 37.8 Å². The molecule has 0 saturated carbocycles. The van der Waals surface area contributed by atoms with E-state index in [-0.39, 0.29) is 11.5 Å². The van der Waals surface area contributed by atoms with Gasteiger partial charge in [0.1, 0.15) is 17.7 Å². The molecule has 0 amide bonds. The zero-order valence-electron chi connectivity index (χ0n) is 16.4. The predicted octanol–water partition coefficient (Wildman–Crippen LogP) is 5.14. The fourth-order valence-electron chi connectivity index (χ4n) is 3.55. The molecule has 2 aromatic heterocycles. The summed E-state index contributed by atoms with van der Waals surface area (Å²) in [5.74, 6) is -2.88. The Morgan fingerprint density at radius 3 is 2.67 bits per heavy atom. The summed E-state index contributed by atoms with van der Waals surface area (Å²) in [4.78, 5) is 11.8. The average Bonchev–Trinajstić information content (AvgIpc) is 2.75. The second-order valence-electron chi connectivity index (χ2n) is 7.30. The van der Waals surface area contributed by atoms with Gasteiger partial charge in [-0.3, -0.25) is 4.98 Å². The monoisotopic (exact) mass is 489 g/mol. The molecular formula is C20H14ClF6N5O. The van der Waals surface area contributed by atoms with E-state index < -0.39 is 54.1 Å². The van der Waals surface area contributed by atoms with Crippen LogP contribution in [-0.4, -0.2) is 34.9 Å². The molecule has 2 atom stereocenters. The molecule has 0 saturated heterocycles. The van der Waals surface area contributed by atoms with E-state index >= 15 is 0 Å². The van der Waals surface area contributed by atoms with E-state index in [0.717, 1.165) is 12.1 Å². The molecule has 33 heavy (non-hydrogen) atoms. The molecule has 13 heteroatoms. The third-order valence-electron chi connectivity index (χ3n) is 5.05. The Morgan fingerprint density at radius 1 is 1.21 bits per heavy atom. The lowest BCUT2D eigenvalue weighted by atomic mass is 9.84. The number of halogens is 7. The van der Waals surface area contributed by atoms with Crippen LogP contribution in [0.2, 0.25) is 5.02 Å². The van der Waals surface area contributed by atoms with Crippen molar-refractivity contribution in [3.8, 4) is 0 Å². The third-order valence-corrected chi connectivity index (χ3v) is 5.26. The number of alkyl halides is 4. The molecule has 0 unspecified atom stereocenters. The first-order chi connectivity index (χ1) is 15.5. The molecule has 6 nitrogen and oxygen atoms in total. The van der Waals surface area contributed by atoms with Crippen LogP contribution in [0.1, 0.15) is 12.0 Å². The normalized spacial score (nSPS) is 20.9. The highest BCUT2D eigenvalue weighted by Gasteiger charge is 2.52. The van der Waals surface area contributed by atoms with Crippen molar-refractivity contribution in [3.05, 3.63) is 58.9 Å². The lowest BCUT2D eigenvalue weighted by Gasteiger charge is -2.36. The highest BCUT2D eigenvalue weighted by Crippen LogP contribution is 2.43. The van der Waals surface area contributed by atoms with Gasteiger partial charge in [0.25, 0.3) is 6.02 Å². The number of aliphatic imine (C=N–C) groups is 1. The molecule has 1 aliphatic heterocycles. The molecule has 3 aromatic rings. The number of aromatic nitrogens is 2. The number of ether oxygens (including phenoxy) is 1. The van der Waals surface area contributed by atoms with Crippen molar-refractivity contribution in [1.82, 2.24) is 9.97 Å². The SMILES string of the molecule is NC1=N[C@](CF)(c2cc(Nc3nccc4cc(Cl)cnc34)cc(F)c2F)C[C@@H](C(F)(F)F)O1. The molecule has 3 heterocycles. The summed E-state index contributed by atoms with van der Waals surface area (Å²) in [6.07, 6.45) is -5.88. The lowest BCUT2D eigenvalue weighted by Crippen LogP contribution is -2.48. The van der Waals surface area contributed by atoms with E-state index in [1.807, 2.05) is 0 Å². The fraction of sp³-hybridized carbons (Fsp3) is 0.250. The summed E-state index contributed by atoms with van der Waals surface area (Å²) >= 11 is 5.92. The molecule has 0 bridgehead atoms. The van der Waals surface area contributed by atoms with E-state index in [1.54, 1.807) is 12.1 Å². The Morgan fingerprint density at radius 2 is 1.97 bits per heavy atom. The number of amidine groups is 1. The second-order valence-corrected chi connectivity index (χ2v) is 7.73. The molecule has 0 fully saturated rings. The van der Waals surface area contributed by atoms with Crippen molar-refractivity contribution in [3.63, 3.8) is 0 Å². The Kier molecular flexibility index (Phi) is 5.72. The Hall–Kier alpha value is -3.28. The highest BCUT2D eigenvalue weighted by atomic mass is 35.5. The summed E-state index contributed by atoms with van der Waals surface area (Å²) < 4.78 is 87.6. The molecule has 0 spiro atoms. The van der Waals surface area contributed by atoms with Gasteiger partial charge in [0.15, 0.2) is 23.6 Å². The first-order valence-corrected chi connectivity index (χ1v) is 9.72. The molecule has 3 N–H and O–H groups in total. The minimum absolute atomic E-state index is 0.124. The van der Waals surface area contributed by atoms with Crippen LogP contribution < -0.4 is 11.1 Å². The smallest absolute Gasteiger partial charge is 0.425 e. The van der Waals surface area contributed by atoms with Gasteiger partial charge in [-0.05, 0) is 18.2 Å². The summed E-state index contributed by atoms with van der Waals surface area (Å²) in [6.45, 7) is -1.59. The maximum absolute atomic E-state index is 14.7. The van der Waals surface area contributed by atoms with Gasteiger partial charge in [0.2, 0.25) is 0 Å². The fourth-order valence-corrected chi connectivity index (χ4v) is 3.71. The minimum Gasteiger partial charge on any atom is -0.452 e. The van der Waals surface area contributed by atoms with Gasteiger partial charge in [-0.15, -0.1) is 0 Å². The summed E-state index contributed by atoms with van der Waals surface area (Å²) in [5.41, 5.74) is 2.32. The van der Waals surface area contributed by atoms with Crippen molar-refractivity contribution in [2.45, 2.75) is 24.2 Å². The zero-order valence-corrected chi connectivity index (χ0v) is 17.2. The molecule has 1 aromatic carbocycles. The van der Waals surface area contributed by atoms with Crippen LogP contribution in [-0.2, 0) is 10.3 Å². The number of hydrogen-bond acceptors (Lipinski definition) is 6. The Labute approximate surface area is 187 Å². The third kappa shape index (κ3) is 4.34. The van der Waals surface area contributed by atoms with Crippen molar-refractivity contribution in [2.24, 2.45) is 10.7 Å². The maximum Gasteiger partial charge on any atom is 0.425 e. The van der Waals surface area contributed by atoms with Crippen molar-refractivity contribution in [1.29, 1.82) is 0 Å². The number of nitrogens with one attached hydrogen (secondary N) is 1. The average molecular weight is 490 g/mol. The van der Waals surface area contributed by atoms with Gasteiger partial charge in [0.05, 0.1) is 5.02 Å². The quantitative estimate of drug-likeness (QED) is 0.496. The summed E-state index contributed by atoms with van der Waals surface area (Å²) in [6, 6.07) is 3.92. The number of benzene rings is 1. The predicted molar refractivity (Wildman–Crippen MR) is 109 cm³/mol. The van der Waals surface area contributed by atoms with Crippen LogP contribution in [0, 0.1) is 11.6 Å². The van der Waals surface area contributed by atoms with E-state index in [2.05, 4.69) is 25.0 Å². The number of fused-ring (bicyclic) bond motifs is 1. The molecule has 0 radical (unpaired) electrons. The Bertz CT molecular complexity index is 1250. The van der Waals surface area contributed by atoms with E-state index in [0.29, 0.717) is 15.9 Å². The number of rotatable bonds is 4. The summed E-state index contributed by atoms with van der Waals surface area (Å²) in [7, 11) is 0. The standard InChI is InChI=1S/C20H14ClF6N5O/c21-10-3-9-1-2-29-17(16(9)30-7-10)31-11-4-12(15(24)13(23)5-11)19(8-22)6-14(20(25,26)27)33-18(28)32-19/h1-5,7,14H,6,8H2,(H2,28,32)(H,29,31)/t14-,19+/m0/s1. The topological polar surface area (TPSA) is 85.4 Å². The van der Waals surface area contributed by atoms with E-state index in [4.69, 9.17) is 17.3 Å². The van der Waals surface area contributed by atoms with Crippen molar-refractivity contribution < 1.29 is 31.1 Å². The molecule has 174 valence electrons. The van der Waals surface area contributed by atoms with Crippen LogP contribution in [0.5, 0.6) is 0 Å². The number of hydrogen-bond donors (Lipinski definition) is 2. The largest absolute Gasteiger partial charge is 0.452 e. The van der Waals surface area contributed by atoms with Crippen LogP contribution in [0.15, 0.2) is 41.7 Å². The van der Waals surface area contributed by atoms with Gasteiger partial charge in [-0.25, -0.2) is 23.1 Å². The van der Waals surface area contributed by atoms with Gasteiger partial charge >= 0.3 is 6.18 Å². The Balaban J connectivity index is 1.80. The van der Waals surface area contributed by atoms with E-state index in [1.165, 1.54) is 12.4 Å². The highest BCUT2D eigenvalue weighted by molar-refractivity contribution is 6.31. The number of nitrogens with zero attached hydrogens (tertiary/aromatic N) is 3. The van der Waals surface area contributed by atoms with Gasteiger partial charge in [-0.1, -0.05) is 11.6 Å². The first-order valence-electron chi connectivity index (χ1n) is 9.34.